The molecule has 1 aliphatic rings. The van der Waals surface area contributed by atoms with Gasteiger partial charge in [-0.2, -0.15) is 0 Å². The monoisotopic (exact) mass is 458 g/mol. The van der Waals surface area contributed by atoms with Gasteiger partial charge in [-0.3, -0.25) is 9.59 Å². The summed E-state index contributed by atoms with van der Waals surface area (Å²) < 4.78 is 11.0. The summed E-state index contributed by atoms with van der Waals surface area (Å²) in [6.07, 6.45) is 3.12. The van der Waals surface area contributed by atoms with Crippen LogP contribution in [0.1, 0.15) is 81.0 Å². The molecule has 6 nitrogen and oxygen atoms in total. The van der Waals surface area contributed by atoms with Crippen molar-refractivity contribution in [2.45, 2.75) is 39.5 Å². The zero-order valence-electron chi connectivity index (χ0n) is 19.3. The van der Waals surface area contributed by atoms with Crippen molar-refractivity contribution in [1.29, 1.82) is 0 Å². The number of rotatable bonds is 2. The topological polar surface area (TPSA) is 86.7 Å². The Labute approximate surface area is 197 Å². The van der Waals surface area contributed by atoms with Gasteiger partial charge in [-0.05, 0) is 74.7 Å². The molecular formula is C28H26O6. The fourth-order valence-corrected chi connectivity index (χ4v) is 4.41. The molecule has 0 spiro atoms. The Hall–Kier alpha value is -3.80. The molecule has 0 fully saturated rings. The molecule has 174 valence electrons. The van der Waals surface area contributed by atoms with E-state index >= 15 is 0 Å². The molecule has 34 heavy (non-hydrogen) atoms. The van der Waals surface area contributed by atoms with Gasteiger partial charge in [-0.15, -0.1) is 0 Å². The Balaban J connectivity index is 2.08. The first-order valence-corrected chi connectivity index (χ1v) is 11.4. The lowest BCUT2D eigenvalue weighted by molar-refractivity contribution is 0.0474. The fraction of sp³-hybridized carbons (Fsp3) is 0.286. The normalized spacial score (nSPS) is 14.9. The van der Waals surface area contributed by atoms with Crippen molar-refractivity contribution >= 4 is 34.3 Å². The van der Waals surface area contributed by atoms with Gasteiger partial charge >= 0.3 is 11.9 Å². The van der Waals surface area contributed by atoms with Crippen LogP contribution in [0.2, 0.25) is 0 Å². The summed E-state index contributed by atoms with van der Waals surface area (Å²) in [7, 11) is 0. The summed E-state index contributed by atoms with van der Waals surface area (Å²) in [5.41, 5.74) is 2.10. The summed E-state index contributed by atoms with van der Waals surface area (Å²) >= 11 is 0. The highest BCUT2D eigenvalue weighted by Crippen LogP contribution is 2.38. The highest BCUT2D eigenvalue weighted by molar-refractivity contribution is 6.21. The van der Waals surface area contributed by atoms with Crippen molar-refractivity contribution in [2.75, 3.05) is 13.2 Å². The number of carbonyl (C=O) groups is 4. The van der Waals surface area contributed by atoms with Gasteiger partial charge in [0.1, 0.15) is 0 Å². The van der Waals surface area contributed by atoms with Crippen molar-refractivity contribution in [3.8, 4) is 11.1 Å². The van der Waals surface area contributed by atoms with Crippen LogP contribution in [-0.2, 0) is 9.47 Å². The fourth-order valence-electron chi connectivity index (χ4n) is 4.41. The molecule has 0 saturated carbocycles. The van der Waals surface area contributed by atoms with E-state index in [0.717, 1.165) is 19.3 Å². The van der Waals surface area contributed by atoms with Gasteiger partial charge in [-0.1, -0.05) is 24.3 Å². The Kier molecular flexibility index (Phi) is 6.87. The van der Waals surface area contributed by atoms with E-state index in [2.05, 4.69) is 0 Å². The lowest BCUT2D eigenvalue weighted by Crippen LogP contribution is -2.12. The van der Waals surface area contributed by atoms with Gasteiger partial charge in [0.25, 0.3) is 0 Å². The van der Waals surface area contributed by atoms with Gasteiger partial charge in [0.05, 0.1) is 24.3 Å². The Morgan fingerprint density at radius 1 is 0.735 bits per heavy atom. The molecule has 0 radical (unpaired) electrons. The van der Waals surface area contributed by atoms with Crippen molar-refractivity contribution in [2.24, 2.45) is 0 Å². The maximum absolute atomic E-state index is 13.1. The van der Waals surface area contributed by atoms with Crippen LogP contribution in [0.15, 0.2) is 48.5 Å². The third kappa shape index (κ3) is 4.62. The molecule has 3 aromatic rings. The summed E-state index contributed by atoms with van der Waals surface area (Å²) in [4.78, 5) is 51.2. The van der Waals surface area contributed by atoms with E-state index in [1.165, 1.54) is 13.8 Å². The van der Waals surface area contributed by atoms with E-state index in [-0.39, 0.29) is 29.3 Å². The minimum atomic E-state index is -0.486. The maximum Gasteiger partial charge on any atom is 0.338 e. The second-order valence-electron chi connectivity index (χ2n) is 8.46. The predicted octanol–water partition coefficient (Wildman–Crippen LogP) is 5.80. The lowest BCUT2D eigenvalue weighted by Gasteiger charge is -2.18. The number of esters is 2. The molecule has 0 aliphatic carbocycles. The molecule has 3 aromatic carbocycles. The van der Waals surface area contributed by atoms with Crippen molar-refractivity contribution < 1.29 is 28.7 Å². The Bertz CT molecular complexity index is 1300. The second-order valence-corrected chi connectivity index (χ2v) is 8.46. The van der Waals surface area contributed by atoms with Crippen LogP contribution in [0.4, 0.5) is 0 Å². The largest absolute Gasteiger partial charge is 0.462 e. The van der Waals surface area contributed by atoms with Crippen molar-refractivity contribution in [3.05, 3.63) is 70.8 Å². The van der Waals surface area contributed by atoms with Crippen LogP contribution in [0.25, 0.3) is 21.9 Å². The van der Waals surface area contributed by atoms with E-state index < -0.39 is 11.9 Å². The minimum Gasteiger partial charge on any atom is -0.462 e. The number of ether oxygens (including phenoxy) is 2. The number of hydrogen-bond donors (Lipinski definition) is 0. The molecule has 2 bridgehead atoms. The molecule has 0 atom stereocenters. The van der Waals surface area contributed by atoms with E-state index in [1.54, 1.807) is 48.5 Å². The van der Waals surface area contributed by atoms with Crippen LogP contribution in [0.5, 0.6) is 0 Å². The van der Waals surface area contributed by atoms with Gasteiger partial charge < -0.3 is 9.47 Å². The average Bonchev–Trinajstić information content (AvgIpc) is 2.83. The Morgan fingerprint density at radius 2 is 1.38 bits per heavy atom. The van der Waals surface area contributed by atoms with Crippen LogP contribution in [-0.4, -0.2) is 36.7 Å². The quantitative estimate of drug-likeness (QED) is 0.356. The van der Waals surface area contributed by atoms with E-state index in [0.29, 0.717) is 46.1 Å². The summed E-state index contributed by atoms with van der Waals surface area (Å²) in [6.45, 7) is 3.36. The number of cyclic esters (lactones) is 2. The van der Waals surface area contributed by atoms with E-state index in [9.17, 15) is 19.2 Å². The van der Waals surface area contributed by atoms with E-state index in [1.807, 2.05) is 0 Å². The van der Waals surface area contributed by atoms with Gasteiger partial charge in [0, 0.05) is 22.1 Å². The average molecular weight is 459 g/mol. The summed E-state index contributed by atoms with van der Waals surface area (Å²) in [5, 5.41) is 1.15. The third-order valence-corrected chi connectivity index (χ3v) is 6.01. The molecule has 0 amide bonds. The first-order chi connectivity index (χ1) is 16.4. The molecule has 1 aliphatic heterocycles. The number of ketones is 2. The van der Waals surface area contributed by atoms with Gasteiger partial charge in [0.2, 0.25) is 0 Å². The number of fused-ring (bicyclic) bond motifs is 3. The maximum atomic E-state index is 13.1. The zero-order chi connectivity index (χ0) is 24.2. The van der Waals surface area contributed by atoms with Crippen LogP contribution < -0.4 is 0 Å². The van der Waals surface area contributed by atoms with Crippen LogP contribution in [0.3, 0.4) is 0 Å². The SMILES string of the molecule is CC(=O)c1cc2cccc3c2c(c1C(C)=O)-c1cccc(c1)C(=O)OCCCCCCOC3=O. The molecule has 4 rings (SSSR count). The lowest BCUT2D eigenvalue weighted by atomic mass is 9.84. The van der Waals surface area contributed by atoms with Crippen LogP contribution >= 0.6 is 0 Å². The molecule has 0 aromatic heterocycles. The van der Waals surface area contributed by atoms with Gasteiger partial charge in [0.15, 0.2) is 11.6 Å². The highest BCUT2D eigenvalue weighted by Gasteiger charge is 2.25. The summed E-state index contributed by atoms with van der Waals surface area (Å²) in [5.74, 6) is -1.52. The van der Waals surface area contributed by atoms with Crippen molar-refractivity contribution in [3.63, 3.8) is 0 Å². The number of benzene rings is 3. The standard InChI is InChI=1S/C28H26O6/c1-17(29)23-16-20-10-8-12-22-25(20)26(24(23)18(2)30)19-9-7-11-21(15-19)27(31)33-13-5-3-4-6-14-34-28(22)32/h7-12,15-16H,3-6,13-14H2,1-2H3. The molecule has 0 unspecified atom stereocenters. The zero-order valence-corrected chi connectivity index (χ0v) is 19.3. The smallest absolute Gasteiger partial charge is 0.338 e. The first kappa shape index (κ1) is 23.4. The van der Waals surface area contributed by atoms with E-state index in [4.69, 9.17) is 9.47 Å². The molecule has 6 heteroatoms. The third-order valence-electron chi connectivity index (χ3n) is 6.01. The van der Waals surface area contributed by atoms with Gasteiger partial charge in [-0.25, -0.2) is 9.59 Å². The minimum absolute atomic E-state index is 0.215. The molecule has 0 N–H and O–H groups in total. The number of carbonyl (C=O) groups excluding carboxylic acids is 4. The summed E-state index contributed by atoms with van der Waals surface area (Å²) in [6, 6.07) is 13.6. The first-order valence-electron chi connectivity index (χ1n) is 11.4. The highest BCUT2D eigenvalue weighted by atomic mass is 16.5. The molecule has 0 saturated heterocycles. The predicted molar refractivity (Wildman–Crippen MR) is 128 cm³/mol. The molecular weight excluding hydrogens is 432 g/mol. The number of hydrogen-bond acceptors (Lipinski definition) is 6. The second kappa shape index (κ2) is 10.00. The Morgan fingerprint density at radius 3 is 2.06 bits per heavy atom. The van der Waals surface area contributed by atoms with Crippen molar-refractivity contribution in [1.82, 2.24) is 0 Å². The number of Topliss-reactive ketones (excluding diaryl/α,β-unsaturated/α-hetero) is 2. The van der Waals surface area contributed by atoms with Crippen LogP contribution in [0, 0.1) is 0 Å². The molecule has 1 heterocycles.